The molecule has 2 aliphatic rings. The van der Waals surface area contributed by atoms with Gasteiger partial charge in [-0.3, -0.25) is 4.79 Å². The topological polar surface area (TPSA) is 94.4 Å². The third kappa shape index (κ3) is 4.17. The second-order valence-corrected chi connectivity index (χ2v) is 11.8. The molecule has 2 saturated heterocycles. The van der Waals surface area contributed by atoms with Crippen LogP contribution < -0.4 is 4.74 Å². The first-order valence-corrected chi connectivity index (χ1v) is 13.6. The van der Waals surface area contributed by atoms with E-state index in [-0.39, 0.29) is 23.5 Å². The van der Waals surface area contributed by atoms with Gasteiger partial charge < -0.3 is 9.64 Å². The Bertz CT molecular complexity index is 1340. The largest absolute Gasteiger partial charge is 0.497 e. The molecule has 2 fully saturated rings. The van der Waals surface area contributed by atoms with E-state index in [1.807, 2.05) is 42.2 Å². The minimum atomic E-state index is -3.10. The number of aromatic nitrogens is 3. The Morgan fingerprint density at radius 1 is 1.12 bits per heavy atom. The van der Waals surface area contributed by atoms with Crippen LogP contribution in [0.2, 0.25) is 0 Å². The van der Waals surface area contributed by atoms with Gasteiger partial charge in [0.1, 0.15) is 5.75 Å². The molecule has 180 valence electrons. The van der Waals surface area contributed by atoms with Gasteiger partial charge in [-0.2, -0.15) is 5.10 Å². The van der Waals surface area contributed by atoms with E-state index in [2.05, 4.69) is 6.92 Å². The molecule has 5 rings (SSSR count). The highest BCUT2D eigenvalue weighted by Crippen LogP contribution is 2.33. The van der Waals surface area contributed by atoms with E-state index in [1.165, 1.54) is 0 Å². The fourth-order valence-corrected chi connectivity index (χ4v) is 6.69. The van der Waals surface area contributed by atoms with Crippen molar-refractivity contribution in [3.05, 3.63) is 41.6 Å². The van der Waals surface area contributed by atoms with Gasteiger partial charge in [0.05, 0.1) is 47.0 Å². The minimum Gasteiger partial charge on any atom is -0.497 e. The molecule has 0 bridgehead atoms. The number of hydrogen-bond donors (Lipinski definition) is 0. The number of sulfone groups is 1. The lowest BCUT2D eigenvalue weighted by molar-refractivity contribution is 0.0699. The summed E-state index contributed by atoms with van der Waals surface area (Å²) in [6, 6.07) is 9.13. The summed E-state index contributed by atoms with van der Waals surface area (Å²) in [5.41, 5.74) is 3.36. The van der Waals surface area contributed by atoms with Crippen LogP contribution in [0.25, 0.3) is 22.3 Å². The Labute approximate surface area is 199 Å². The first-order valence-electron chi connectivity index (χ1n) is 11.8. The monoisotopic (exact) mass is 482 g/mol. The molecule has 1 atom stereocenters. The van der Waals surface area contributed by atoms with Gasteiger partial charge in [0.15, 0.2) is 15.5 Å². The smallest absolute Gasteiger partial charge is 0.254 e. The number of nitrogens with zero attached hydrogens (tertiary/aromatic N) is 4. The van der Waals surface area contributed by atoms with Crippen LogP contribution in [0.4, 0.5) is 0 Å². The number of carbonyl (C=O) groups excluding carboxylic acids is 1. The van der Waals surface area contributed by atoms with E-state index >= 15 is 0 Å². The zero-order valence-corrected chi connectivity index (χ0v) is 20.6. The van der Waals surface area contributed by atoms with Crippen molar-refractivity contribution >= 4 is 26.8 Å². The van der Waals surface area contributed by atoms with Crippen LogP contribution in [-0.4, -0.2) is 65.7 Å². The fraction of sp³-hybridized carbons (Fsp3) is 0.480. The predicted octanol–water partition coefficient (Wildman–Crippen LogP) is 3.65. The quantitative estimate of drug-likeness (QED) is 0.563. The van der Waals surface area contributed by atoms with Crippen LogP contribution in [0.15, 0.2) is 30.3 Å². The number of methoxy groups -OCH3 is 1. The molecular formula is C25H30N4O4S. The first kappa shape index (κ1) is 22.8. The molecule has 1 amide bonds. The van der Waals surface area contributed by atoms with Gasteiger partial charge in [-0.05, 0) is 62.4 Å². The van der Waals surface area contributed by atoms with Gasteiger partial charge >= 0.3 is 0 Å². The van der Waals surface area contributed by atoms with Crippen LogP contribution in [0.1, 0.15) is 48.3 Å². The van der Waals surface area contributed by atoms with Crippen molar-refractivity contribution < 1.29 is 17.9 Å². The molecule has 2 aliphatic heterocycles. The van der Waals surface area contributed by atoms with Gasteiger partial charge in [-0.15, -0.1) is 0 Å². The van der Waals surface area contributed by atoms with Gasteiger partial charge in [0, 0.05) is 18.7 Å². The lowest BCUT2D eigenvalue weighted by Gasteiger charge is -2.30. The normalized spacial score (nSPS) is 20.7. The van der Waals surface area contributed by atoms with Crippen molar-refractivity contribution in [3.8, 4) is 17.0 Å². The summed E-state index contributed by atoms with van der Waals surface area (Å²) in [6.45, 7) is 5.55. The molecule has 4 heterocycles. The molecule has 0 saturated carbocycles. The Morgan fingerprint density at radius 2 is 1.82 bits per heavy atom. The minimum absolute atomic E-state index is 0.0178. The van der Waals surface area contributed by atoms with Crippen molar-refractivity contribution in [2.45, 2.75) is 39.2 Å². The average Bonchev–Trinajstić information content (AvgIpc) is 3.37. The van der Waals surface area contributed by atoms with Gasteiger partial charge in [0.2, 0.25) is 0 Å². The van der Waals surface area contributed by atoms with Gasteiger partial charge in [-0.1, -0.05) is 6.92 Å². The number of likely N-dealkylation sites (tertiary alicyclic amines) is 1. The predicted molar refractivity (Wildman–Crippen MR) is 131 cm³/mol. The summed E-state index contributed by atoms with van der Waals surface area (Å²) in [7, 11) is -1.48. The lowest BCUT2D eigenvalue weighted by atomic mass is 9.97. The van der Waals surface area contributed by atoms with E-state index < -0.39 is 9.84 Å². The first-order chi connectivity index (χ1) is 16.3. The standard InChI is InChI=1S/C25H30N4O4S/c1-16-8-11-28(12-9-16)25(30)21-14-22(18-4-6-20(33-3)7-5-18)26-24-23(21)17(2)27-29(24)19-10-13-34(31,32)15-19/h4-7,14,16,19H,8-13,15H2,1-3H3/t19-/m1/s1. The number of fused-ring (bicyclic) bond motifs is 1. The number of aryl methyl sites for hydroxylation is 1. The molecule has 0 spiro atoms. The second-order valence-electron chi connectivity index (χ2n) is 9.54. The maximum Gasteiger partial charge on any atom is 0.254 e. The van der Waals surface area contributed by atoms with Crippen LogP contribution in [0, 0.1) is 12.8 Å². The van der Waals surface area contributed by atoms with E-state index in [0.29, 0.717) is 40.3 Å². The highest BCUT2D eigenvalue weighted by Gasteiger charge is 2.33. The molecule has 0 N–H and O–H groups in total. The Morgan fingerprint density at radius 3 is 2.44 bits per heavy atom. The SMILES string of the molecule is COc1ccc(-c2cc(C(=O)N3CCC(C)CC3)c3c(C)nn([C@@H]4CCS(=O)(=O)C4)c3n2)cc1. The van der Waals surface area contributed by atoms with Crippen molar-refractivity contribution in [1.82, 2.24) is 19.7 Å². The number of ether oxygens (including phenoxy) is 1. The summed E-state index contributed by atoms with van der Waals surface area (Å²) in [5.74, 6) is 1.53. The zero-order chi connectivity index (χ0) is 24.0. The van der Waals surface area contributed by atoms with E-state index in [0.717, 1.165) is 37.2 Å². The Kier molecular flexibility index (Phi) is 5.83. The third-order valence-corrected chi connectivity index (χ3v) is 8.83. The van der Waals surface area contributed by atoms with Crippen LogP contribution in [0.3, 0.4) is 0 Å². The maximum absolute atomic E-state index is 13.7. The highest BCUT2D eigenvalue weighted by atomic mass is 32.2. The number of pyridine rings is 1. The number of carbonyl (C=O) groups is 1. The van der Waals surface area contributed by atoms with E-state index in [4.69, 9.17) is 14.8 Å². The second kappa shape index (κ2) is 8.69. The fourth-order valence-electron chi connectivity index (χ4n) is 5.00. The Hall–Kier alpha value is -2.94. The molecule has 0 radical (unpaired) electrons. The van der Waals surface area contributed by atoms with Gasteiger partial charge in [-0.25, -0.2) is 18.1 Å². The molecule has 34 heavy (non-hydrogen) atoms. The number of piperidine rings is 1. The summed E-state index contributed by atoms with van der Waals surface area (Å²) in [4.78, 5) is 20.6. The molecule has 8 nitrogen and oxygen atoms in total. The zero-order valence-electron chi connectivity index (χ0n) is 19.8. The summed E-state index contributed by atoms with van der Waals surface area (Å²) >= 11 is 0. The molecule has 3 aromatic rings. The molecule has 0 unspecified atom stereocenters. The lowest BCUT2D eigenvalue weighted by Crippen LogP contribution is -2.38. The number of hydrogen-bond acceptors (Lipinski definition) is 6. The van der Waals surface area contributed by atoms with E-state index in [1.54, 1.807) is 11.8 Å². The van der Waals surface area contributed by atoms with Crippen molar-refractivity contribution in [1.29, 1.82) is 0 Å². The van der Waals surface area contributed by atoms with Crippen LogP contribution in [-0.2, 0) is 9.84 Å². The highest BCUT2D eigenvalue weighted by molar-refractivity contribution is 7.91. The number of benzene rings is 1. The molecule has 2 aromatic heterocycles. The van der Waals surface area contributed by atoms with Crippen LogP contribution in [0.5, 0.6) is 5.75 Å². The van der Waals surface area contributed by atoms with Crippen molar-refractivity contribution in [2.75, 3.05) is 31.7 Å². The number of rotatable bonds is 4. The molecular weight excluding hydrogens is 452 g/mol. The maximum atomic E-state index is 13.7. The summed E-state index contributed by atoms with van der Waals surface area (Å²) < 4.78 is 31.4. The van der Waals surface area contributed by atoms with Crippen molar-refractivity contribution in [2.24, 2.45) is 5.92 Å². The third-order valence-electron chi connectivity index (χ3n) is 7.08. The van der Waals surface area contributed by atoms with Crippen LogP contribution >= 0.6 is 0 Å². The summed E-state index contributed by atoms with van der Waals surface area (Å²) in [6.07, 6.45) is 2.48. The van der Waals surface area contributed by atoms with Crippen molar-refractivity contribution in [3.63, 3.8) is 0 Å². The van der Waals surface area contributed by atoms with Gasteiger partial charge in [0.25, 0.3) is 5.91 Å². The molecule has 0 aliphatic carbocycles. The Balaban J connectivity index is 1.66. The van der Waals surface area contributed by atoms with E-state index in [9.17, 15) is 13.2 Å². The molecule has 1 aromatic carbocycles. The molecule has 9 heteroatoms. The average molecular weight is 483 g/mol. The number of amides is 1. The summed E-state index contributed by atoms with van der Waals surface area (Å²) in [5, 5.41) is 5.41.